The molecule has 1 aromatic rings. The van der Waals surface area contributed by atoms with Crippen LogP contribution >= 0.6 is 0 Å². The van der Waals surface area contributed by atoms with Gasteiger partial charge in [0.1, 0.15) is 11.7 Å². The summed E-state index contributed by atoms with van der Waals surface area (Å²) in [6.45, 7) is 13.3. The van der Waals surface area contributed by atoms with Crippen molar-refractivity contribution < 1.29 is 19.1 Å². The molecule has 2 rings (SSSR count). The van der Waals surface area contributed by atoms with Crippen LogP contribution in [0.5, 0.6) is 0 Å². The molecule has 6 heteroatoms. The molecule has 1 aromatic carbocycles. The number of benzene rings is 1. The van der Waals surface area contributed by atoms with Gasteiger partial charge in [0.25, 0.3) is 0 Å². The van der Waals surface area contributed by atoms with E-state index in [9.17, 15) is 9.59 Å². The Labute approximate surface area is 167 Å². The van der Waals surface area contributed by atoms with Crippen molar-refractivity contribution in [3.63, 3.8) is 0 Å². The average molecular weight is 386 g/mol. The highest BCUT2D eigenvalue weighted by atomic mass is 16.6. The summed E-state index contributed by atoms with van der Waals surface area (Å²) >= 11 is 0. The summed E-state index contributed by atoms with van der Waals surface area (Å²) in [6, 6.07) is 9.56. The van der Waals surface area contributed by atoms with Crippen molar-refractivity contribution in [3.8, 4) is 0 Å². The van der Waals surface area contributed by atoms with Gasteiger partial charge in [0.15, 0.2) is 0 Å². The molecule has 0 saturated heterocycles. The highest BCUT2D eigenvalue weighted by Crippen LogP contribution is 2.49. The number of carbonyl (C=O) groups is 2. The fourth-order valence-electron chi connectivity index (χ4n) is 3.14. The third-order valence-electron chi connectivity index (χ3n) is 4.56. The van der Waals surface area contributed by atoms with Gasteiger partial charge in [0.2, 0.25) is 0 Å². The van der Waals surface area contributed by atoms with E-state index in [1.165, 1.54) is 0 Å². The lowest BCUT2D eigenvalue weighted by atomic mass is 10.0. The normalized spacial score (nSPS) is 21.8. The lowest BCUT2D eigenvalue weighted by molar-refractivity contribution is 0.0318. The molecule has 2 N–H and O–H groups in total. The molecule has 28 heavy (non-hydrogen) atoms. The molecular formula is C22H30N2O4. The number of rotatable bonds is 8. The van der Waals surface area contributed by atoms with Crippen LogP contribution in [0.2, 0.25) is 0 Å². The molecule has 1 saturated carbocycles. The van der Waals surface area contributed by atoms with Crippen LogP contribution in [0.25, 0.3) is 0 Å². The summed E-state index contributed by atoms with van der Waals surface area (Å²) in [6.07, 6.45) is 2.80. The number of amides is 2. The first-order valence-corrected chi connectivity index (χ1v) is 9.43. The molecule has 2 amide bonds. The largest absolute Gasteiger partial charge is 0.444 e. The first-order valence-electron chi connectivity index (χ1n) is 9.43. The fourth-order valence-corrected chi connectivity index (χ4v) is 3.14. The van der Waals surface area contributed by atoms with E-state index >= 15 is 0 Å². The van der Waals surface area contributed by atoms with Crippen LogP contribution in [0.1, 0.15) is 39.2 Å². The zero-order valence-electron chi connectivity index (χ0n) is 16.9. The lowest BCUT2D eigenvalue weighted by Gasteiger charge is -2.29. The van der Waals surface area contributed by atoms with Crippen LogP contribution in [-0.4, -0.2) is 29.4 Å². The second kappa shape index (κ2) is 8.95. The van der Waals surface area contributed by atoms with Gasteiger partial charge in [-0.15, -0.1) is 13.2 Å². The van der Waals surface area contributed by atoms with Crippen molar-refractivity contribution in [2.24, 2.45) is 5.92 Å². The van der Waals surface area contributed by atoms with Crippen LogP contribution in [0, 0.1) is 5.92 Å². The number of nitrogens with one attached hydrogen (secondary N) is 2. The van der Waals surface area contributed by atoms with Gasteiger partial charge in [0.05, 0.1) is 5.54 Å². The molecule has 0 spiro atoms. The summed E-state index contributed by atoms with van der Waals surface area (Å²) in [5.74, 6) is -0.00751. The van der Waals surface area contributed by atoms with E-state index in [0.717, 1.165) is 5.56 Å². The van der Waals surface area contributed by atoms with Crippen molar-refractivity contribution in [1.82, 2.24) is 10.6 Å². The maximum Gasteiger partial charge on any atom is 0.408 e. The number of hydrogen-bond acceptors (Lipinski definition) is 4. The van der Waals surface area contributed by atoms with E-state index < -0.39 is 29.4 Å². The van der Waals surface area contributed by atoms with Gasteiger partial charge >= 0.3 is 12.2 Å². The van der Waals surface area contributed by atoms with E-state index in [1.807, 2.05) is 30.3 Å². The standard InChI is InChI=1S/C22H30N2O4/c1-6-11-18(27-19(25)23-15-16-12-9-8-10-13-16)22(14-17(22)7-2)24-20(26)28-21(3,4)5/h6-10,12-13,17-18H,1-2,11,14-15H2,3-5H3,(H,23,25)(H,24,26). The van der Waals surface area contributed by atoms with Crippen molar-refractivity contribution in [1.29, 1.82) is 0 Å². The number of hydrogen-bond donors (Lipinski definition) is 2. The zero-order valence-corrected chi connectivity index (χ0v) is 16.9. The third-order valence-corrected chi connectivity index (χ3v) is 4.56. The summed E-state index contributed by atoms with van der Waals surface area (Å²) in [5, 5.41) is 5.65. The van der Waals surface area contributed by atoms with Crippen LogP contribution in [0.4, 0.5) is 9.59 Å². The summed E-state index contributed by atoms with van der Waals surface area (Å²) in [4.78, 5) is 24.7. The monoisotopic (exact) mass is 386 g/mol. The van der Waals surface area contributed by atoms with Crippen LogP contribution in [0.15, 0.2) is 55.6 Å². The Kier molecular flexibility index (Phi) is 6.89. The molecule has 0 radical (unpaired) electrons. The van der Waals surface area contributed by atoms with E-state index in [0.29, 0.717) is 19.4 Å². The molecule has 0 bridgehead atoms. The maximum absolute atomic E-state index is 12.3. The van der Waals surface area contributed by atoms with Gasteiger partial charge in [-0.1, -0.05) is 42.5 Å². The number of ether oxygens (including phenoxy) is 2. The molecule has 3 unspecified atom stereocenters. The minimum atomic E-state index is -0.734. The molecule has 1 aliphatic rings. The first kappa shape index (κ1) is 21.5. The Balaban J connectivity index is 2.03. The smallest absolute Gasteiger partial charge is 0.408 e. The number of alkyl carbamates (subject to hydrolysis) is 2. The third kappa shape index (κ3) is 5.87. The Morgan fingerprint density at radius 2 is 1.93 bits per heavy atom. The van der Waals surface area contributed by atoms with Crippen LogP contribution < -0.4 is 10.6 Å². The molecule has 0 aromatic heterocycles. The molecule has 3 atom stereocenters. The van der Waals surface area contributed by atoms with Crippen molar-refractivity contribution in [2.75, 3.05) is 0 Å². The van der Waals surface area contributed by atoms with Gasteiger partial charge in [-0.25, -0.2) is 9.59 Å². The van der Waals surface area contributed by atoms with E-state index in [4.69, 9.17) is 9.47 Å². The molecule has 6 nitrogen and oxygen atoms in total. The Morgan fingerprint density at radius 3 is 2.46 bits per heavy atom. The Bertz CT molecular complexity index is 711. The molecule has 0 heterocycles. The molecule has 152 valence electrons. The molecular weight excluding hydrogens is 356 g/mol. The highest BCUT2D eigenvalue weighted by Gasteiger charge is 2.60. The minimum Gasteiger partial charge on any atom is -0.444 e. The summed E-state index contributed by atoms with van der Waals surface area (Å²) in [5.41, 5.74) is -0.384. The Hall–Kier alpha value is -2.76. The van der Waals surface area contributed by atoms with Crippen molar-refractivity contribution in [2.45, 2.75) is 57.4 Å². The topological polar surface area (TPSA) is 76.7 Å². The van der Waals surface area contributed by atoms with Gasteiger partial charge in [0, 0.05) is 18.9 Å². The highest BCUT2D eigenvalue weighted by molar-refractivity contribution is 5.71. The van der Waals surface area contributed by atoms with Crippen LogP contribution in [-0.2, 0) is 16.0 Å². The molecule has 0 aliphatic heterocycles. The van der Waals surface area contributed by atoms with E-state index in [-0.39, 0.29) is 5.92 Å². The Morgan fingerprint density at radius 1 is 1.25 bits per heavy atom. The molecule has 1 aliphatic carbocycles. The zero-order chi connectivity index (χ0) is 20.8. The summed E-state index contributed by atoms with van der Waals surface area (Å²) in [7, 11) is 0. The van der Waals surface area contributed by atoms with Gasteiger partial charge in [-0.05, 0) is 32.8 Å². The lowest BCUT2D eigenvalue weighted by Crippen LogP contribution is -2.51. The van der Waals surface area contributed by atoms with Crippen molar-refractivity contribution in [3.05, 3.63) is 61.2 Å². The molecule has 1 fully saturated rings. The minimum absolute atomic E-state index is 0.00751. The fraction of sp³-hybridized carbons (Fsp3) is 0.455. The number of carbonyl (C=O) groups excluding carboxylic acids is 2. The average Bonchev–Trinajstić information content (AvgIpc) is 3.32. The summed E-state index contributed by atoms with van der Waals surface area (Å²) < 4.78 is 11.0. The quantitative estimate of drug-likeness (QED) is 0.652. The van der Waals surface area contributed by atoms with E-state index in [2.05, 4.69) is 23.8 Å². The second-order valence-corrected chi connectivity index (χ2v) is 7.97. The van der Waals surface area contributed by atoms with Gasteiger partial charge < -0.3 is 20.1 Å². The second-order valence-electron chi connectivity index (χ2n) is 7.97. The predicted octanol–water partition coefficient (Wildman–Crippen LogP) is 4.33. The predicted molar refractivity (Wildman–Crippen MR) is 109 cm³/mol. The van der Waals surface area contributed by atoms with Crippen LogP contribution in [0.3, 0.4) is 0 Å². The van der Waals surface area contributed by atoms with Crippen molar-refractivity contribution >= 4 is 12.2 Å². The maximum atomic E-state index is 12.3. The van der Waals surface area contributed by atoms with Gasteiger partial charge in [-0.2, -0.15) is 0 Å². The SMILES string of the molecule is C=CCC(OC(=O)NCc1ccccc1)C1(NC(=O)OC(C)(C)C)CC1C=C. The van der Waals surface area contributed by atoms with Gasteiger partial charge in [-0.3, -0.25) is 0 Å². The van der Waals surface area contributed by atoms with E-state index in [1.54, 1.807) is 32.9 Å². The first-order chi connectivity index (χ1) is 13.2.